The molecule has 1 aromatic rings. The van der Waals surface area contributed by atoms with Gasteiger partial charge in [-0.1, -0.05) is 0 Å². The fraction of sp³-hybridized carbons (Fsp3) is 0.571. The second-order valence-electron chi connectivity index (χ2n) is 5.04. The van der Waals surface area contributed by atoms with Crippen LogP contribution in [0, 0.1) is 0 Å². The Morgan fingerprint density at radius 3 is 2.62 bits per heavy atom. The van der Waals surface area contributed by atoms with Gasteiger partial charge in [0.2, 0.25) is 0 Å². The second-order valence-corrected chi connectivity index (χ2v) is 5.04. The lowest BCUT2D eigenvalue weighted by atomic mass is 10.1. The van der Waals surface area contributed by atoms with Crippen LogP contribution >= 0.6 is 0 Å². The first kappa shape index (κ1) is 15.9. The van der Waals surface area contributed by atoms with Gasteiger partial charge in [0, 0.05) is 31.0 Å². The number of nitrogens with two attached hydrogens (primary N) is 1. The maximum atomic E-state index is 12.9. The summed E-state index contributed by atoms with van der Waals surface area (Å²) in [5.74, 6) is 0. The molecule has 4 nitrogen and oxygen atoms in total. The molecule has 3 N–H and O–H groups in total. The summed E-state index contributed by atoms with van der Waals surface area (Å²) in [6.07, 6.45) is -3.62. The first-order valence-corrected chi connectivity index (χ1v) is 6.97. The van der Waals surface area contributed by atoms with E-state index in [9.17, 15) is 13.2 Å². The molecule has 118 valence electrons. The Hall–Kier alpha value is -1.47. The molecule has 2 rings (SSSR count). The van der Waals surface area contributed by atoms with Crippen molar-refractivity contribution >= 4 is 11.4 Å². The monoisotopic (exact) mass is 303 g/mol. The van der Waals surface area contributed by atoms with E-state index in [0.29, 0.717) is 6.54 Å². The van der Waals surface area contributed by atoms with E-state index in [-0.39, 0.29) is 11.4 Å². The fourth-order valence-corrected chi connectivity index (χ4v) is 2.30. The Kier molecular flexibility index (Phi) is 5.30. The average molecular weight is 303 g/mol. The molecule has 1 aliphatic rings. The zero-order valence-electron chi connectivity index (χ0n) is 11.7. The summed E-state index contributed by atoms with van der Waals surface area (Å²) in [6, 6.07) is 3.82. The van der Waals surface area contributed by atoms with E-state index in [1.165, 1.54) is 12.1 Å². The summed E-state index contributed by atoms with van der Waals surface area (Å²) in [5.41, 5.74) is 4.91. The lowest BCUT2D eigenvalue weighted by Crippen LogP contribution is -2.37. The predicted molar refractivity (Wildman–Crippen MR) is 76.2 cm³/mol. The molecule has 0 aliphatic carbocycles. The molecule has 1 heterocycles. The van der Waals surface area contributed by atoms with Crippen LogP contribution in [0.3, 0.4) is 0 Å². The van der Waals surface area contributed by atoms with Gasteiger partial charge in [-0.25, -0.2) is 0 Å². The molecule has 21 heavy (non-hydrogen) atoms. The van der Waals surface area contributed by atoms with Gasteiger partial charge >= 0.3 is 6.18 Å². The van der Waals surface area contributed by atoms with Gasteiger partial charge in [0.15, 0.2) is 0 Å². The van der Waals surface area contributed by atoms with Crippen molar-refractivity contribution in [3.8, 4) is 0 Å². The van der Waals surface area contributed by atoms with Crippen molar-refractivity contribution in [3.63, 3.8) is 0 Å². The van der Waals surface area contributed by atoms with Crippen molar-refractivity contribution in [2.24, 2.45) is 0 Å². The quantitative estimate of drug-likeness (QED) is 0.648. The highest BCUT2D eigenvalue weighted by Gasteiger charge is 2.33. The third-order valence-electron chi connectivity index (χ3n) is 3.42. The summed E-state index contributed by atoms with van der Waals surface area (Å²) in [7, 11) is 0. The van der Waals surface area contributed by atoms with E-state index in [0.717, 1.165) is 45.3 Å². The average Bonchev–Trinajstić information content (AvgIpc) is 2.45. The van der Waals surface area contributed by atoms with Crippen LogP contribution in [0.5, 0.6) is 0 Å². The maximum absolute atomic E-state index is 12.9. The standard InChI is InChI=1S/C14H20F3N3O/c15-14(16,17)12-10-11(18)2-3-13(12)19-4-1-5-20-6-8-21-9-7-20/h2-3,10,19H,1,4-9,18H2. The number of benzene rings is 1. The predicted octanol–water partition coefficient (Wildman–Crippen LogP) is 2.42. The molecule has 1 aliphatic heterocycles. The van der Waals surface area contributed by atoms with Crippen molar-refractivity contribution < 1.29 is 17.9 Å². The number of anilines is 2. The molecule has 0 saturated carbocycles. The van der Waals surface area contributed by atoms with E-state index in [1.54, 1.807) is 0 Å². The van der Waals surface area contributed by atoms with Crippen molar-refractivity contribution in [1.82, 2.24) is 4.90 Å². The third kappa shape index (κ3) is 4.78. The number of rotatable bonds is 5. The molecular formula is C14H20F3N3O. The molecule has 0 spiro atoms. The van der Waals surface area contributed by atoms with Crippen molar-refractivity contribution in [3.05, 3.63) is 23.8 Å². The van der Waals surface area contributed by atoms with E-state index in [1.807, 2.05) is 0 Å². The van der Waals surface area contributed by atoms with Crippen molar-refractivity contribution in [2.45, 2.75) is 12.6 Å². The molecule has 7 heteroatoms. The van der Waals surface area contributed by atoms with Gasteiger partial charge in [-0.2, -0.15) is 13.2 Å². The Labute approximate surface area is 122 Å². The number of nitrogens with zero attached hydrogens (tertiary/aromatic N) is 1. The minimum absolute atomic E-state index is 0.0821. The van der Waals surface area contributed by atoms with Gasteiger partial charge in [0.05, 0.1) is 18.8 Å². The normalized spacial score (nSPS) is 16.9. The van der Waals surface area contributed by atoms with Gasteiger partial charge in [-0.05, 0) is 31.2 Å². The molecule has 1 fully saturated rings. The van der Waals surface area contributed by atoms with E-state index in [4.69, 9.17) is 10.5 Å². The summed E-state index contributed by atoms with van der Waals surface area (Å²) in [6.45, 7) is 4.57. The lowest BCUT2D eigenvalue weighted by molar-refractivity contribution is -0.136. The minimum atomic E-state index is -4.40. The highest BCUT2D eigenvalue weighted by Crippen LogP contribution is 2.35. The highest BCUT2D eigenvalue weighted by atomic mass is 19.4. The van der Waals surface area contributed by atoms with Gasteiger partial charge in [-0.15, -0.1) is 0 Å². The molecule has 0 aromatic heterocycles. The molecule has 1 aromatic carbocycles. The molecular weight excluding hydrogens is 283 g/mol. The van der Waals surface area contributed by atoms with Crippen LogP contribution in [0.1, 0.15) is 12.0 Å². The first-order chi connectivity index (χ1) is 9.97. The number of halogens is 3. The van der Waals surface area contributed by atoms with Crippen LogP contribution in [0.25, 0.3) is 0 Å². The summed E-state index contributed by atoms with van der Waals surface area (Å²) in [4.78, 5) is 2.25. The van der Waals surface area contributed by atoms with Crippen molar-refractivity contribution in [2.75, 3.05) is 50.4 Å². The minimum Gasteiger partial charge on any atom is -0.399 e. The molecule has 0 radical (unpaired) electrons. The largest absolute Gasteiger partial charge is 0.418 e. The third-order valence-corrected chi connectivity index (χ3v) is 3.42. The van der Waals surface area contributed by atoms with Crippen LogP contribution in [0.2, 0.25) is 0 Å². The maximum Gasteiger partial charge on any atom is 0.418 e. The zero-order chi connectivity index (χ0) is 15.3. The van der Waals surface area contributed by atoms with Crippen LogP contribution in [-0.4, -0.2) is 44.3 Å². The molecule has 0 atom stereocenters. The molecule has 1 saturated heterocycles. The van der Waals surface area contributed by atoms with E-state index >= 15 is 0 Å². The molecule has 0 bridgehead atoms. The van der Waals surface area contributed by atoms with Crippen LogP contribution in [0.4, 0.5) is 24.5 Å². The highest BCUT2D eigenvalue weighted by molar-refractivity contribution is 5.59. The zero-order valence-corrected chi connectivity index (χ0v) is 11.7. The SMILES string of the molecule is Nc1ccc(NCCCN2CCOCC2)c(C(F)(F)F)c1. The Balaban J connectivity index is 1.85. The van der Waals surface area contributed by atoms with Gasteiger partial charge in [-0.3, -0.25) is 4.90 Å². The van der Waals surface area contributed by atoms with E-state index in [2.05, 4.69) is 10.2 Å². The topological polar surface area (TPSA) is 50.5 Å². The number of hydrogen-bond donors (Lipinski definition) is 2. The van der Waals surface area contributed by atoms with Gasteiger partial charge in [0.25, 0.3) is 0 Å². The first-order valence-electron chi connectivity index (χ1n) is 6.97. The summed E-state index contributed by atoms with van der Waals surface area (Å²) >= 11 is 0. The van der Waals surface area contributed by atoms with Crippen LogP contribution in [0.15, 0.2) is 18.2 Å². The lowest BCUT2D eigenvalue weighted by Gasteiger charge is -2.26. The van der Waals surface area contributed by atoms with E-state index < -0.39 is 11.7 Å². The molecule has 0 amide bonds. The number of alkyl halides is 3. The van der Waals surface area contributed by atoms with Crippen LogP contribution < -0.4 is 11.1 Å². The smallest absolute Gasteiger partial charge is 0.399 e. The summed E-state index contributed by atoms with van der Waals surface area (Å²) < 4.78 is 44.0. The van der Waals surface area contributed by atoms with Gasteiger partial charge < -0.3 is 15.8 Å². The van der Waals surface area contributed by atoms with Crippen molar-refractivity contribution in [1.29, 1.82) is 0 Å². The van der Waals surface area contributed by atoms with Gasteiger partial charge in [0.1, 0.15) is 0 Å². The summed E-state index contributed by atoms with van der Waals surface area (Å²) in [5, 5.41) is 2.85. The number of nitrogens with one attached hydrogen (secondary N) is 1. The molecule has 0 unspecified atom stereocenters. The Bertz CT molecular complexity index is 459. The Morgan fingerprint density at radius 2 is 1.95 bits per heavy atom. The van der Waals surface area contributed by atoms with Crippen LogP contribution in [-0.2, 0) is 10.9 Å². The number of ether oxygens (including phenoxy) is 1. The Morgan fingerprint density at radius 1 is 1.24 bits per heavy atom. The number of morpholine rings is 1. The number of nitrogen functional groups attached to an aromatic ring is 1. The fourth-order valence-electron chi connectivity index (χ4n) is 2.30. The second kappa shape index (κ2) is 7.00. The number of hydrogen-bond acceptors (Lipinski definition) is 4.